The van der Waals surface area contributed by atoms with Gasteiger partial charge in [0.25, 0.3) is 0 Å². The fourth-order valence-electron chi connectivity index (χ4n) is 2.09. The van der Waals surface area contributed by atoms with Gasteiger partial charge in [-0.25, -0.2) is 0 Å². The van der Waals surface area contributed by atoms with Crippen LogP contribution < -0.4 is 5.32 Å². The Kier molecular flexibility index (Phi) is 2.55. The van der Waals surface area contributed by atoms with Gasteiger partial charge in [-0.3, -0.25) is 5.10 Å². The average Bonchev–Trinajstić information content (AvgIpc) is 2.73. The first-order valence-electron chi connectivity index (χ1n) is 5.31. The third kappa shape index (κ3) is 1.59. The number of morpholine rings is 1. The van der Waals surface area contributed by atoms with Gasteiger partial charge >= 0.3 is 0 Å². The topological polar surface area (TPSA) is 49.9 Å². The SMILES string of the molecule is Clc1[nH]nc2cccc(C3CNCCO3)c12. The molecule has 2 aromatic rings. The summed E-state index contributed by atoms with van der Waals surface area (Å²) in [5, 5.41) is 11.8. The molecule has 2 heterocycles. The molecule has 0 radical (unpaired) electrons. The summed E-state index contributed by atoms with van der Waals surface area (Å²) < 4.78 is 5.73. The maximum absolute atomic E-state index is 6.10. The Balaban J connectivity index is 2.10. The maximum Gasteiger partial charge on any atom is 0.132 e. The number of nitrogens with one attached hydrogen (secondary N) is 2. The van der Waals surface area contributed by atoms with Crippen LogP contribution in [0.15, 0.2) is 18.2 Å². The monoisotopic (exact) mass is 237 g/mol. The standard InChI is InChI=1S/C11H12ClN3O/c12-11-10-7(9-6-13-4-5-16-9)2-1-3-8(10)14-15-11/h1-3,9,13H,4-6H2,(H,14,15). The lowest BCUT2D eigenvalue weighted by Crippen LogP contribution is -2.33. The molecule has 0 aliphatic carbocycles. The number of fused-ring (bicyclic) bond motifs is 1. The highest BCUT2D eigenvalue weighted by atomic mass is 35.5. The van der Waals surface area contributed by atoms with Gasteiger partial charge in [-0.2, -0.15) is 5.10 Å². The number of aromatic amines is 1. The van der Waals surface area contributed by atoms with Crippen LogP contribution in [0.3, 0.4) is 0 Å². The van der Waals surface area contributed by atoms with E-state index in [1.165, 1.54) is 0 Å². The van der Waals surface area contributed by atoms with Crippen molar-refractivity contribution in [2.45, 2.75) is 6.10 Å². The van der Waals surface area contributed by atoms with Gasteiger partial charge in [0.1, 0.15) is 5.15 Å². The number of nitrogens with zero attached hydrogens (tertiary/aromatic N) is 1. The second kappa shape index (κ2) is 4.05. The summed E-state index contributed by atoms with van der Waals surface area (Å²) in [6, 6.07) is 5.96. The van der Waals surface area contributed by atoms with Crippen LogP contribution in [0, 0.1) is 0 Å². The molecule has 1 aliphatic rings. The average molecular weight is 238 g/mol. The Bertz CT molecular complexity index is 505. The number of aromatic nitrogens is 2. The van der Waals surface area contributed by atoms with Crippen molar-refractivity contribution < 1.29 is 4.74 Å². The van der Waals surface area contributed by atoms with Crippen LogP contribution in [0.25, 0.3) is 10.9 Å². The van der Waals surface area contributed by atoms with Gasteiger partial charge in [0, 0.05) is 18.5 Å². The van der Waals surface area contributed by atoms with Crippen molar-refractivity contribution in [3.8, 4) is 0 Å². The lowest BCUT2D eigenvalue weighted by molar-refractivity contribution is 0.0286. The number of halogens is 1. The molecule has 1 aromatic heterocycles. The molecule has 1 unspecified atom stereocenters. The molecule has 16 heavy (non-hydrogen) atoms. The van der Waals surface area contributed by atoms with Gasteiger partial charge in [-0.15, -0.1) is 0 Å². The van der Waals surface area contributed by atoms with Crippen molar-refractivity contribution in [3.05, 3.63) is 28.9 Å². The molecular formula is C11H12ClN3O. The second-order valence-corrected chi connectivity index (χ2v) is 4.22. The molecule has 1 aliphatic heterocycles. The van der Waals surface area contributed by atoms with Gasteiger partial charge in [-0.05, 0) is 11.6 Å². The minimum atomic E-state index is 0.0625. The smallest absolute Gasteiger partial charge is 0.132 e. The van der Waals surface area contributed by atoms with Crippen LogP contribution in [0.2, 0.25) is 5.15 Å². The molecule has 1 atom stereocenters. The first-order chi connectivity index (χ1) is 7.86. The number of rotatable bonds is 1. The summed E-state index contributed by atoms with van der Waals surface area (Å²) in [6.07, 6.45) is 0.0625. The predicted octanol–water partition coefficient (Wildman–Crippen LogP) is 1.88. The zero-order valence-corrected chi connectivity index (χ0v) is 9.42. The second-order valence-electron chi connectivity index (χ2n) is 3.84. The first kappa shape index (κ1) is 10.1. The van der Waals surface area contributed by atoms with Crippen molar-refractivity contribution in [1.29, 1.82) is 0 Å². The summed E-state index contributed by atoms with van der Waals surface area (Å²) in [5.41, 5.74) is 1.99. The van der Waals surface area contributed by atoms with E-state index < -0.39 is 0 Å². The third-order valence-corrected chi connectivity index (χ3v) is 3.12. The molecule has 0 saturated carbocycles. The highest BCUT2D eigenvalue weighted by molar-refractivity contribution is 6.34. The van der Waals surface area contributed by atoms with Crippen LogP contribution in [-0.2, 0) is 4.74 Å². The lowest BCUT2D eigenvalue weighted by Gasteiger charge is -2.24. The maximum atomic E-state index is 6.10. The minimum absolute atomic E-state index is 0.0625. The van der Waals surface area contributed by atoms with E-state index in [2.05, 4.69) is 15.5 Å². The van der Waals surface area contributed by atoms with Gasteiger partial charge in [0.05, 0.1) is 18.2 Å². The quantitative estimate of drug-likeness (QED) is 0.796. The Morgan fingerprint density at radius 3 is 3.19 bits per heavy atom. The molecule has 3 rings (SSSR count). The fraction of sp³-hybridized carbons (Fsp3) is 0.364. The fourth-order valence-corrected chi connectivity index (χ4v) is 2.34. The van der Waals surface area contributed by atoms with Gasteiger partial charge in [-0.1, -0.05) is 23.7 Å². The number of benzene rings is 1. The van der Waals surface area contributed by atoms with E-state index in [1.807, 2.05) is 18.2 Å². The Morgan fingerprint density at radius 1 is 1.44 bits per heavy atom. The Morgan fingerprint density at radius 2 is 2.38 bits per heavy atom. The van der Waals surface area contributed by atoms with Crippen molar-refractivity contribution in [2.75, 3.05) is 19.7 Å². The summed E-state index contributed by atoms with van der Waals surface area (Å²) in [6.45, 7) is 2.46. The Labute approximate surface area is 97.9 Å². The van der Waals surface area contributed by atoms with Crippen LogP contribution in [0.1, 0.15) is 11.7 Å². The van der Waals surface area contributed by atoms with Crippen LogP contribution in [0.5, 0.6) is 0 Å². The molecular weight excluding hydrogens is 226 g/mol. The molecule has 0 bridgehead atoms. The summed E-state index contributed by atoms with van der Waals surface area (Å²) in [5.74, 6) is 0. The van der Waals surface area contributed by atoms with E-state index in [0.29, 0.717) is 5.15 Å². The van der Waals surface area contributed by atoms with Crippen molar-refractivity contribution >= 4 is 22.5 Å². The number of hydrogen-bond acceptors (Lipinski definition) is 3. The zero-order chi connectivity index (χ0) is 11.0. The zero-order valence-electron chi connectivity index (χ0n) is 8.66. The lowest BCUT2D eigenvalue weighted by atomic mass is 10.0. The Hall–Kier alpha value is -1.10. The molecule has 1 fully saturated rings. The van der Waals surface area contributed by atoms with Crippen molar-refractivity contribution in [3.63, 3.8) is 0 Å². The highest BCUT2D eigenvalue weighted by Crippen LogP contribution is 2.30. The number of ether oxygens (including phenoxy) is 1. The first-order valence-corrected chi connectivity index (χ1v) is 5.69. The molecule has 0 spiro atoms. The summed E-state index contributed by atoms with van der Waals surface area (Å²) in [4.78, 5) is 0. The van der Waals surface area contributed by atoms with E-state index in [1.54, 1.807) is 0 Å². The molecule has 4 nitrogen and oxygen atoms in total. The largest absolute Gasteiger partial charge is 0.371 e. The minimum Gasteiger partial charge on any atom is -0.371 e. The summed E-state index contributed by atoms with van der Waals surface area (Å²) >= 11 is 6.10. The van der Waals surface area contributed by atoms with Crippen LogP contribution >= 0.6 is 11.6 Å². The van der Waals surface area contributed by atoms with Crippen LogP contribution in [0.4, 0.5) is 0 Å². The predicted molar refractivity (Wildman–Crippen MR) is 62.7 cm³/mol. The van der Waals surface area contributed by atoms with E-state index in [9.17, 15) is 0 Å². The van der Waals surface area contributed by atoms with Gasteiger partial charge in [0.2, 0.25) is 0 Å². The van der Waals surface area contributed by atoms with Crippen molar-refractivity contribution in [2.24, 2.45) is 0 Å². The molecule has 5 heteroatoms. The highest BCUT2D eigenvalue weighted by Gasteiger charge is 2.20. The molecule has 2 N–H and O–H groups in total. The van der Waals surface area contributed by atoms with Gasteiger partial charge < -0.3 is 10.1 Å². The third-order valence-electron chi connectivity index (χ3n) is 2.84. The van der Waals surface area contributed by atoms with E-state index >= 15 is 0 Å². The van der Waals surface area contributed by atoms with E-state index in [0.717, 1.165) is 36.2 Å². The number of H-pyrrole nitrogens is 1. The summed E-state index contributed by atoms with van der Waals surface area (Å²) in [7, 11) is 0. The molecule has 1 aromatic carbocycles. The van der Waals surface area contributed by atoms with Crippen molar-refractivity contribution in [1.82, 2.24) is 15.5 Å². The van der Waals surface area contributed by atoms with Gasteiger partial charge in [0.15, 0.2) is 0 Å². The molecule has 84 valence electrons. The van der Waals surface area contributed by atoms with E-state index in [4.69, 9.17) is 16.3 Å². The van der Waals surface area contributed by atoms with Crippen LogP contribution in [-0.4, -0.2) is 29.9 Å². The molecule has 0 amide bonds. The van der Waals surface area contributed by atoms with E-state index in [-0.39, 0.29) is 6.10 Å². The number of hydrogen-bond donors (Lipinski definition) is 2. The normalized spacial score (nSPS) is 21.4. The molecule has 1 saturated heterocycles.